The van der Waals surface area contributed by atoms with Crippen LogP contribution in [0.15, 0.2) is 18.2 Å². The molecule has 0 spiro atoms. The van der Waals surface area contributed by atoms with Crippen LogP contribution in [0, 0.1) is 16.0 Å². The molecule has 0 saturated carbocycles. The van der Waals surface area contributed by atoms with Crippen molar-refractivity contribution in [2.24, 2.45) is 5.92 Å². The van der Waals surface area contributed by atoms with Crippen LogP contribution in [0.5, 0.6) is 0 Å². The van der Waals surface area contributed by atoms with Crippen LogP contribution >= 0.6 is 0 Å². The zero-order valence-electron chi connectivity index (χ0n) is 11.3. The number of nitrogens with zero attached hydrogens (tertiary/aromatic N) is 2. The van der Waals surface area contributed by atoms with Crippen LogP contribution in [0.1, 0.15) is 18.4 Å². The Morgan fingerprint density at radius 1 is 1.27 bits per heavy atom. The van der Waals surface area contributed by atoms with Crippen LogP contribution in [-0.4, -0.2) is 24.0 Å². The van der Waals surface area contributed by atoms with Crippen molar-refractivity contribution < 1.29 is 28.0 Å². The molecule has 1 aliphatic rings. The maximum Gasteiger partial charge on any atom is 0.416 e. The first-order valence-corrected chi connectivity index (χ1v) is 6.51. The summed E-state index contributed by atoms with van der Waals surface area (Å²) in [6.07, 6.45) is -4.19. The lowest BCUT2D eigenvalue weighted by Crippen LogP contribution is -2.41. The lowest BCUT2D eigenvalue weighted by atomic mass is 9.96. The third-order valence-corrected chi connectivity index (χ3v) is 3.67. The normalized spacial score (nSPS) is 16.6. The van der Waals surface area contributed by atoms with Gasteiger partial charge in [0, 0.05) is 31.0 Å². The summed E-state index contributed by atoms with van der Waals surface area (Å²) in [7, 11) is 0. The minimum Gasteiger partial charge on any atom is -0.550 e. The van der Waals surface area contributed by atoms with Gasteiger partial charge in [-0.25, -0.2) is 0 Å². The van der Waals surface area contributed by atoms with E-state index in [4.69, 9.17) is 0 Å². The summed E-state index contributed by atoms with van der Waals surface area (Å²) in [6.45, 7) is 0.426. The quantitative estimate of drug-likeness (QED) is 0.624. The molecule has 0 aromatic heterocycles. The van der Waals surface area contributed by atoms with Gasteiger partial charge in [0.25, 0.3) is 5.69 Å². The number of anilines is 1. The molecule has 0 amide bonds. The van der Waals surface area contributed by atoms with Crippen molar-refractivity contribution >= 4 is 17.3 Å². The first-order valence-electron chi connectivity index (χ1n) is 6.51. The number of carboxylic acid groups (broad SMARTS) is 1. The van der Waals surface area contributed by atoms with E-state index in [1.165, 1.54) is 4.90 Å². The highest BCUT2D eigenvalue weighted by atomic mass is 19.4. The van der Waals surface area contributed by atoms with E-state index in [0.29, 0.717) is 6.07 Å². The van der Waals surface area contributed by atoms with E-state index in [1.54, 1.807) is 0 Å². The zero-order chi connectivity index (χ0) is 16.5. The monoisotopic (exact) mass is 317 g/mol. The smallest absolute Gasteiger partial charge is 0.416 e. The summed E-state index contributed by atoms with van der Waals surface area (Å²) < 4.78 is 37.9. The molecule has 1 heterocycles. The molecule has 1 aliphatic heterocycles. The molecule has 1 aromatic rings. The Morgan fingerprint density at radius 3 is 2.32 bits per heavy atom. The predicted octanol–water partition coefficient (Wildman–Crippen LogP) is 1.58. The Labute approximate surface area is 123 Å². The second-order valence-electron chi connectivity index (χ2n) is 5.04. The van der Waals surface area contributed by atoms with Gasteiger partial charge in [0.2, 0.25) is 0 Å². The van der Waals surface area contributed by atoms with Crippen molar-refractivity contribution in [3.8, 4) is 0 Å². The molecule has 9 heteroatoms. The highest BCUT2D eigenvalue weighted by Crippen LogP contribution is 2.37. The SMILES string of the molecule is O=C([O-])C1CCN(c2ccc(C(F)(F)F)cc2[N+](=O)[O-])CC1. The Bertz CT molecular complexity index is 595. The molecule has 120 valence electrons. The number of nitro benzene ring substituents is 1. The van der Waals surface area contributed by atoms with Gasteiger partial charge in [-0.3, -0.25) is 10.1 Å². The minimum absolute atomic E-state index is 0.0646. The molecule has 0 unspecified atom stereocenters. The summed E-state index contributed by atoms with van der Waals surface area (Å²) in [5.74, 6) is -1.81. The number of aliphatic carboxylic acids is 1. The molecule has 0 aliphatic carbocycles. The largest absolute Gasteiger partial charge is 0.550 e. The predicted molar refractivity (Wildman–Crippen MR) is 68.0 cm³/mol. The van der Waals surface area contributed by atoms with Crippen LogP contribution in [0.3, 0.4) is 0 Å². The van der Waals surface area contributed by atoms with Crippen LogP contribution in [0.4, 0.5) is 24.5 Å². The van der Waals surface area contributed by atoms with E-state index in [1.807, 2.05) is 0 Å². The number of piperidine rings is 1. The molecule has 0 bridgehead atoms. The minimum atomic E-state index is -4.66. The Morgan fingerprint density at radius 2 is 1.86 bits per heavy atom. The summed E-state index contributed by atoms with van der Waals surface area (Å²) in [6, 6.07) is 2.34. The highest BCUT2D eigenvalue weighted by molar-refractivity contribution is 5.69. The molecule has 1 saturated heterocycles. The van der Waals surface area contributed by atoms with Gasteiger partial charge in [-0.1, -0.05) is 0 Å². The van der Waals surface area contributed by atoms with E-state index < -0.39 is 34.2 Å². The summed E-state index contributed by atoms with van der Waals surface area (Å²) in [5, 5.41) is 21.8. The molecule has 0 radical (unpaired) electrons. The Kier molecular flexibility index (Phi) is 4.25. The second kappa shape index (κ2) is 5.82. The third-order valence-electron chi connectivity index (χ3n) is 3.67. The Balaban J connectivity index is 2.28. The van der Waals surface area contributed by atoms with E-state index >= 15 is 0 Å². The van der Waals surface area contributed by atoms with Crippen molar-refractivity contribution in [2.45, 2.75) is 19.0 Å². The molecule has 22 heavy (non-hydrogen) atoms. The zero-order valence-corrected chi connectivity index (χ0v) is 11.3. The van der Waals surface area contributed by atoms with Gasteiger partial charge < -0.3 is 14.8 Å². The average Bonchev–Trinajstić information content (AvgIpc) is 2.45. The van der Waals surface area contributed by atoms with Crippen molar-refractivity contribution in [3.63, 3.8) is 0 Å². The average molecular weight is 317 g/mol. The van der Waals surface area contributed by atoms with Crippen molar-refractivity contribution in [1.29, 1.82) is 0 Å². The third kappa shape index (κ3) is 3.29. The maximum atomic E-state index is 12.6. The summed E-state index contributed by atoms with van der Waals surface area (Å²) in [5.41, 5.74) is -1.66. The summed E-state index contributed by atoms with van der Waals surface area (Å²) >= 11 is 0. The van der Waals surface area contributed by atoms with Crippen molar-refractivity contribution in [3.05, 3.63) is 33.9 Å². The molecular formula is C13H12F3N2O4-. The number of carbonyl (C=O) groups is 1. The van der Waals surface area contributed by atoms with Crippen LogP contribution in [0.25, 0.3) is 0 Å². The number of nitro groups is 1. The van der Waals surface area contributed by atoms with Crippen molar-refractivity contribution in [1.82, 2.24) is 0 Å². The van der Waals surface area contributed by atoms with Gasteiger partial charge in [-0.05, 0) is 25.0 Å². The van der Waals surface area contributed by atoms with Crippen LogP contribution in [-0.2, 0) is 11.0 Å². The first kappa shape index (κ1) is 16.1. The van der Waals surface area contributed by atoms with Gasteiger partial charge in [0.1, 0.15) is 5.69 Å². The van der Waals surface area contributed by atoms with Gasteiger partial charge in [-0.15, -0.1) is 0 Å². The number of halogens is 3. The summed E-state index contributed by atoms with van der Waals surface area (Å²) in [4.78, 5) is 22.4. The van der Waals surface area contributed by atoms with E-state index in [9.17, 15) is 33.2 Å². The molecule has 6 nitrogen and oxygen atoms in total. The number of alkyl halides is 3. The van der Waals surface area contributed by atoms with E-state index in [2.05, 4.69) is 0 Å². The second-order valence-corrected chi connectivity index (χ2v) is 5.04. The molecule has 2 rings (SSSR count). The fraction of sp³-hybridized carbons (Fsp3) is 0.462. The highest BCUT2D eigenvalue weighted by Gasteiger charge is 2.34. The van der Waals surface area contributed by atoms with Gasteiger partial charge >= 0.3 is 6.18 Å². The number of carbonyl (C=O) groups excluding carboxylic acids is 1. The van der Waals surface area contributed by atoms with Crippen molar-refractivity contribution in [2.75, 3.05) is 18.0 Å². The Hall–Kier alpha value is -2.32. The number of carboxylic acids is 1. The number of hydrogen-bond acceptors (Lipinski definition) is 5. The van der Waals surface area contributed by atoms with Crippen LogP contribution < -0.4 is 10.0 Å². The molecule has 1 aromatic carbocycles. The maximum absolute atomic E-state index is 12.6. The molecule has 0 atom stereocenters. The lowest BCUT2D eigenvalue weighted by Gasteiger charge is -2.33. The van der Waals surface area contributed by atoms with Gasteiger partial charge in [0.05, 0.1) is 10.5 Å². The van der Waals surface area contributed by atoms with E-state index in [-0.39, 0.29) is 31.6 Å². The molecule has 0 N–H and O–H groups in total. The topological polar surface area (TPSA) is 86.5 Å². The first-order chi connectivity index (χ1) is 10.2. The van der Waals surface area contributed by atoms with Gasteiger partial charge in [0.15, 0.2) is 0 Å². The molecule has 1 fully saturated rings. The van der Waals surface area contributed by atoms with E-state index in [0.717, 1.165) is 12.1 Å². The molecular weight excluding hydrogens is 305 g/mol. The number of hydrogen-bond donors (Lipinski definition) is 0. The lowest BCUT2D eigenvalue weighted by molar-refractivity contribution is -0.384. The standard InChI is InChI=1S/C13H13F3N2O4/c14-13(15,16)9-1-2-10(11(7-9)18(21)22)17-5-3-8(4-6-17)12(19)20/h1-2,7-8H,3-6H2,(H,19,20)/p-1. The number of benzene rings is 1. The fourth-order valence-corrected chi connectivity index (χ4v) is 2.47. The van der Waals surface area contributed by atoms with Crippen LogP contribution in [0.2, 0.25) is 0 Å². The fourth-order valence-electron chi connectivity index (χ4n) is 2.47. The van der Waals surface area contributed by atoms with Gasteiger partial charge in [-0.2, -0.15) is 13.2 Å². The number of rotatable bonds is 3.